The van der Waals surface area contributed by atoms with E-state index in [1.807, 2.05) is 6.07 Å². The van der Waals surface area contributed by atoms with Gasteiger partial charge in [-0.05, 0) is 6.92 Å². The van der Waals surface area contributed by atoms with Gasteiger partial charge in [-0.2, -0.15) is 0 Å². The molecular weight excluding hydrogens is 290 g/mol. The van der Waals surface area contributed by atoms with Crippen LogP contribution in [0.3, 0.4) is 0 Å². The third-order valence-corrected chi connectivity index (χ3v) is 3.93. The fourth-order valence-electron chi connectivity index (χ4n) is 1.82. The van der Waals surface area contributed by atoms with Gasteiger partial charge in [0.05, 0.1) is 18.1 Å². The van der Waals surface area contributed by atoms with Gasteiger partial charge in [-0.3, -0.25) is 14.4 Å². The number of ketones is 1. The minimum atomic E-state index is -0.543. The molecule has 5 nitrogen and oxygen atoms in total. The lowest BCUT2D eigenvalue weighted by Crippen LogP contribution is -2.25. The number of hydrogen-bond acceptors (Lipinski definition) is 5. The molecule has 1 aromatic rings. The molecule has 1 saturated heterocycles. The lowest BCUT2D eigenvalue weighted by molar-refractivity contribution is -0.144. The van der Waals surface area contributed by atoms with Crippen LogP contribution in [0.25, 0.3) is 0 Å². The molecule has 1 aromatic carbocycles. The third-order valence-electron chi connectivity index (χ3n) is 2.79. The Morgan fingerprint density at radius 1 is 1.33 bits per heavy atom. The molecule has 0 aliphatic carbocycles. The zero-order valence-corrected chi connectivity index (χ0v) is 12.3. The van der Waals surface area contributed by atoms with Gasteiger partial charge in [0.25, 0.3) is 0 Å². The second kappa shape index (κ2) is 7.08. The van der Waals surface area contributed by atoms with Gasteiger partial charge in [-0.25, -0.2) is 0 Å². The monoisotopic (exact) mass is 305 g/mol. The van der Waals surface area contributed by atoms with Crippen molar-refractivity contribution >= 4 is 29.4 Å². The number of ether oxygens (including phenoxy) is 1. The molecule has 21 heavy (non-hydrogen) atoms. The first-order valence-corrected chi connectivity index (χ1v) is 7.42. The molecule has 1 fully saturated rings. The summed E-state index contributed by atoms with van der Waals surface area (Å²) in [4.78, 5) is 35.1. The summed E-state index contributed by atoms with van der Waals surface area (Å²) < 4.78 is 4.82. The topological polar surface area (TPSA) is 72.5 Å². The van der Waals surface area contributed by atoms with Gasteiger partial charge < -0.3 is 10.1 Å². The van der Waals surface area contributed by atoms with E-state index in [-0.39, 0.29) is 24.7 Å². The minimum absolute atomic E-state index is 0.00120. The van der Waals surface area contributed by atoms with E-state index in [4.69, 9.17) is 4.74 Å². The van der Waals surface area contributed by atoms with Crippen LogP contribution in [0.15, 0.2) is 41.4 Å². The van der Waals surface area contributed by atoms with Crippen LogP contribution in [0, 0.1) is 0 Å². The normalized spacial score (nSPS) is 19.4. The van der Waals surface area contributed by atoms with Crippen LogP contribution in [0.2, 0.25) is 0 Å². The number of benzene rings is 1. The van der Waals surface area contributed by atoms with E-state index in [2.05, 4.69) is 5.32 Å². The van der Waals surface area contributed by atoms with Gasteiger partial charge in [-0.1, -0.05) is 42.1 Å². The van der Waals surface area contributed by atoms with Crippen LogP contribution in [0.4, 0.5) is 0 Å². The highest BCUT2D eigenvalue weighted by Crippen LogP contribution is 2.29. The first kappa shape index (κ1) is 15.3. The third kappa shape index (κ3) is 4.19. The molecule has 0 spiro atoms. The zero-order valence-electron chi connectivity index (χ0n) is 11.5. The Hall–Kier alpha value is -2.08. The first-order valence-electron chi connectivity index (χ1n) is 6.54. The Bertz CT molecular complexity index is 583. The largest absolute Gasteiger partial charge is 0.466 e. The van der Waals surface area contributed by atoms with Crippen LogP contribution in [-0.4, -0.2) is 29.5 Å². The summed E-state index contributed by atoms with van der Waals surface area (Å²) in [5, 5.41) is 2.53. The van der Waals surface area contributed by atoms with Crippen molar-refractivity contribution in [2.24, 2.45) is 0 Å². The SMILES string of the molecule is CCOC(=O)C[C@H]1S/C(=C/C(=O)c2ccccc2)NC1=O. The number of allylic oxidation sites excluding steroid dienone is 1. The Morgan fingerprint density at radius 2 is 2.05 bits per heavy atom. The van der Waals surface area contributed by atoms with Crippen LogP contribution >= 0.6 is 11.8 Å². The fourth-order valence-corrected chi connectivity index (χ4v) is 2.85. The van der Waals surface area contributed by atoms with Gasteiger partial charge in [0, 0.05) is 11.6 Å². The van der Waals surface area contributed by atoms with Crippen molar-refractivity contribution in [3.8, 4) is 0 Å². The first-order chi connectivity index (χ1) is 10.1. The van der Waals surface area contributed by atoms with Gasteiger partial charge in [0.1, 0.15) is 5.25 Å². The molecular formula is C15H15NO4S. The van der Waals surface area contributed by atoms with Crippen molar-refractivity contribution in [3.63, 3.8) is 0 Å². The highest BCUT2D eigenvalue weighted by Gasteiger charge is 2.31. The molecule has 2 rings (SSSR count). The summed E-state index contributed by atoms with van der Waals surface area (Å²) in [7, 11) is 0. The maximum atomic E-state index is 12.0. The molecule has 1 N–H and O–H groups in total. The molecule has 1 amide bonds. The summed E-state index contributed by atoms with van der Waals surface area (Å²) >= 11 is 1.17. The highest BCUT2D eigenvalue weighted by atomic mass is 32.2. The summed E-state index contributed by atoms with van der Waals surface area (Å²) in [6.07, 6.45) is 1.38. The maximum Gasteiger partial charge on any atom is 0.307 e. The van der Waals surface area contributed by atoms with Crippen molar-refractivity contribution < 1.29 is 19.1 Å². The van der Waals surface area contributed by atoms with E-state index >= 15 is 0 Å². The number of rotatable bonds is 5. The molecule has 0 radical (unpaired) electrons. The molecule has 0 unspecified atom stereocenters. The van der Waals surface area contributed by atoms with Gasteiger partial charge in [0.2, 0.25) is 5.91 Å². The second-order valence-corrected chi connectivity index (χ2v) is 5.59. The predicted molar refractivity (Wildman–Crippen MR) is 79.6 cm³/mol. The zero-order chi connectivity index (χ0) is 15.2. The number of carbonyl (C=O) groups excluding carboxylic acids is 3. The lowest BCUT2D eigenvalue weighted by atomic mass is 10.1. The van der Waals surface area contributed by atoms with Gasteiger partial charge in [0.15, 0.2) is 5.78 Å². The number of nitrogens with one attached hydrogen (secondary N) is 1. The molecule has 1 atom stereocenters. The van der Waals surface area contributed by atoms with Crippen molar-refractivity contribution in [3.05, 3.63) is 47.0 Å². The molecule has 1 heterocycles. The Kier molecular flexibility index (Phi) is 5.16. The summed E-state index contributed by atoms with van der Waals surface area (Å²) in [6, 6.07) is 8.78. The number of thioether (sulfide) groups is 1. The van der Waals surface area contributed by atoms with Crippen LogP contribution < -0.4 is 5.32 Å². The maximum absolute atomic E-state index is 12.0. The molecule has 0 bridgehead atoms. The number of esters is 1. The molecule has 110 valence electrons. The average Bonchev–Trinajstić information content (AvgIpc) is 2.80. The second-order valence-electron chi connectivity index (χ2n) is 4.34. The lowest BCUT2D eigenvalue weighted by Gasteiger charge is -2.04. The Labute approximate surface area is 126 Å². The summed E-state index contributed by atoms with van der Waals surface area (Å²) in [5.74, 6) is -0.879. The average molecular weight is 305 g/mol. The Balaban J connectivity index is 2.00. The highest BCUT2D eigenvalue weighted by molar-refractivity contribution is 8.04. The molecule has 1 aliphatic heterocycles. The minimum Gasteiger partial charge on any atom is -0.466 e. The molecule has 6 heteroatoms. The van der Waals surface area contributed by atoms with Crippen LogP contribution in [0.5, 0.6) is 0 Å². The molecule has 1 aliphatic rings. The van der Waals surface area contributed by atoms with E-state index in [9.17, 15) is 14.4 Å². The summed E-state index contributed by atoms with van der Waals surface area (Å²) in [5.41, 5.74) is 0.550. The fraction of sp³-hybridized carbons (Fsp3) is 0.267. The smallest absolute Gasteiger partial charge is 0.307 e. The summed E-state index contributed by atoms with van der Waals surface area (Å²) in [6.45, 7) is 2.00. The van der Waals surface area contributed by atoms with Crippen LogP contribution in [0.1, 0.15) is 23.7 Å². The van der Waals surface area contributed by atoms with Crippen LogP contribution in [-0.2, 0) is 14.3 Å². The molecule has 0 saturated carbocycles. The van der Waals surface area contributed by atoms with Crippen molar-refractivity contribution in [1.82, 2.24) is 5.32 Å². The van der Waals surface area contributed by atoms with Crippen molar-refractivity contribution in [2.75, 3.05) is 6.61 Å². The Morgan fingerprint density at radius 3 is 2.71 bits per heavy atom. The van der Waals surface area contributed by atoms with Crippen molar-refractivity contribution in [1.29, 1.82) is 0 Å². The number of hydrogen-bond donors (Lipinski definition) is 1. The molecule has 0 aromatic heterocycles. The van der Waals surface area contributed by atoms with Crippen molar-refractivity contribution in [2.45, 2.75) is 18.6 Å². The van der Waals surface area contributed by atoms with E-state index in [0.29, 0.717) is 10.6 Å². The van der Waals surface area contributed by atoms with E-state index in [1.165, 1.54) is 17.8 Å². The predicted octanol–water partition coefficient (Wildman–Crippen LogP) is 1.90. The van der Waals surface area contributed by atoms with Gasteiger partial charge >= 0.3 is 5.97 Å². The van der Waals surface area contributed by atoms with E-state index < -0.39 is 11.2 Å². The van der Waals surface area contributed by atoms with E-state index in [0.717, 1.165) is 0 Å². The standard InChI is InChI=1S/C15H15NO4S/c1-2-20-14(18)9-12-15(19)16-13(21-12)8-11(17)10-6-4-3-5-7-10/h3-8,12H,2,9H2,1H3,(H,16,19)/b13-8+/t12-/m1/s1. The van der Waals surface area contributed by atoms with E-state index in [1.54, 1.807) is 31.2 Å². The van der Waals surface area contributed by atoms with Gasteiger partial charge in [-0.15, -0.1) is 0 Å². The quantitative estimate of drug-likeness (QED) is 0.511. The number of carbonyl (C=O) groups is 3. The number of amides is 1.